The number of carbonyl (C=O) groups excluding carboxylic acids is 1. The summed E-state index contributed by atoms with van der Waals surface area (Å²) in [7, 11) is 0. The lowest BCUT2D eigenvalue weighted by Gasteiger charge is -2.65. The molecule has 3 aliphatic carbocycles. The van der Waals surface area contributed by atoms with Crippen LogP contribution in [0.1, 0.15) is 93.4 Å². The maximum absolute atomic E-state index is 12.5. The molecule has 0 heterocycles. The molecule has 2 nitrogen and oxygen atoms in total. The number of hydrogen-bond acceptors (Lipinski definition) is 2. The molecule has 0 aromatic carbocycles. The Morgan fingerprint density at radius 2 is 1.82 bits per heavy atom. The fraction of sp³-hybridized carbons (Fsp3) is 0.808. The van der Waals surface area contributed by atoms with Crippen LogP contribution >= 0.6 is 0 Å². The van der Waals surface area contributed by atoms with Gasteiger partial charge in [-0.15, -0.1) is 0 Å². The summed E-state index contributed by atoms with van der Waals surface area (Å²) in [6.07, 6.45) is 13.4. The fourth-order valence-corrected chi connectivity index (χ4v) is 7.62. The number of carbonyl (C=O) groups is 1. The van der Waals surface area contributed by atoms with Crippen molar-refractivity contribution in [2.75, 3.05) is 6.61 Å². The van der Waals surface area contributed by atoms with Crippen LogP contribution in [0.25, 0.3) is 0 Å². The van der Waals surface area contributed by atoms with E-state index in [1.807, 2.05) is 6.92 Å². The SMILES string of the molecule is CCOC(=O)/C(=C/[C@@H]1C(C)=CC[C@H]2[C@@]1(C)CC[C@H]1C(C)(C)CCC[C@]21C)CC. The van der Waals surface area contributed by atoms with Gasteiger partial charge in [-0.25, -0.2) is 4.79 Å². The molecule has 0 N–H and O–H groups in total. The predicted octanol–water partition coefficient (Wildman–Crippen LogP) is 7.10. The van der Waals surface area contributed by atoms with E-state index < -0.39 is 0 Å². The largest absolute Gasteiger partial charge is 0.463 e. The average Bonchev–Trinajstić information content (AvgIpc) is 2.60. The second-order valence-corrected chi connectivity index (χ2v) is 10.9. The fourth-order valence-electron chi connectivity index (χ4n) is 7.62. The first-order chi connectivity index (χ1) is 13.1. The summed E-state index contributed by atoms with van der Waals surface area (Å²) in [6.45, 7) is 16.8. The van der Waals surface area contributed by atoms with E-state index in [1.165, 1.54) is 44.1 Å². The zero-order valence-electron chi connectivity index (χ0n) is 19.4. The van der Waals surface area contributed by atoms with Crippen LogP contribution in [0.5, 0.6) is 0 Å². The minimum absolute atomic E-state index is 0.123. The van der Waals surface area contributed by atoms with Gasteiger partial charge in [0.25, 0.3) is 0 Å². The van der Waals surface area contributed by atoms with E-state index in [1.54, 1.807) is 0 Å². The van der Waals surface area contributed by atoms with Crippen molar-refractivity contribution in [2.45, 2.75) is 93.4 Å². The van der Waals surface area contributed by atoms with Crippen LogP contribution in [-0.2, 0) is 9.53 Å². The number of allylic oxidation sites excluding steroid dienone is 3. The molecule has 2 heteroatoms. The van der Waals surface area contributed by atoms with Crippen LogP contribution in [-0.4, -0.2) is 12.6 Å². The van der Waals surface area contributed by atoms with Crippen LogP contribution in [0, 0.1) is 34.0 Å². The van der Waals surface area contributed by atoms with E-state index >= 15 is 0 Å². The van der Waals surface area contributed by atoms with E-state index in [9.17, 15) is 4.79 Å². The third-order valence-electron chi connectivity index (χ3n) is 9.00. The molecule has 3 aliphatic rings. The molecule has 0 unspecified atom stereocenters. The molecule has 0 aromatic rings. The quantitative estimate of drug-likeness (QED) is 0.292. The maximum atomic E-state index is 12.5. The Labute approximate surface area is 173 Å². The van der Waals surface area contributed by atoms with E-state index in [0.29, 0.717) is 29.3 Å². The number of fused-ring (bicyclic) bond motifs is 3. The molecule has 28 heavy (non-hydrogen) atoms. The molecule has 5 atom stereocenters. The molecule has 0 bridgehead atoms. The summed E-state index contributed by atoms with van der Waals surface area (Å²) < 4.78 is 5.35. The first-order valence-corrected chi connectivity index (χ1v) is 11.6. The van der Waals surface area contributed by atoms with Crippen molar-refractivity contribution in [3.8, 4) is 0 Å². The Balaban J connectivity index is 2.01. The third kappa shape index (κ3) is 3.39. The lowest BCUT2D eigenvalue weighted by molar-refractivity contribution is -0.141. The topological polar surface area (TPSA) is 26.3 Å². The molecule has 2 fully saturated rings. The van der Waals surface area contributed by atoms with Gasteiger partial charge < -0.3 is 4.74 Å². The van der Waals surface area contributed by atoms with Gasteiger partial charge in [0.15, 0.2) is 0 Å². The molecule has 2 saturated carbocycles. The second-order valence-electron chi connectivity index (χ2n) is 10.9. The van der Waals surface area contributed by atoms with Gasteiger partial charge in [-0.05, 0) is 80.5 Å². The Morgan fingerprint density at radius 1 is 1.11 bits per heavy atom. The summed E-state index contributed by atoms with van der Waals surface area (Å²) in [6, 6.07) is 0. The lowest BCUT2D eigenvalue weighted by atomic mass is 9.40. The van der Waals surface area contributed by atoms with E-state index in [-0.39, 0.29) is 11.4 Å². The van der Waals surface area contributed by atoms with Crippen LogP contribution in [0.4, 0.5) is 0 Å². The van der Waals surface area contributed by atoms with Gasteiger partial charge in [0.1, 0.15) is 0 Å². The highest BCUT2D eigenvalue weighted by Crippen LogP contribution is 2.68. The molecule has 0 radical (unpaired) electrons. The van der Waals surface area contributed by atoms with Gasteiger partial charge in [-0.2, -0.15) is 0 Å². The number of esters is 1. The molecule has 3 rings (SSSR count). The molecule has 0 aliphatic heterocycles. The highest BCUT2D eigenvalue weighted by atomic mass is 16.5. The summed E-state index contributed by atoms with van der Waals surface area (Å²) >= 11 is 0. The van der Waals surface area contributed by atoms with Crippen LogP contribution < -0.4 is 0 Å². The number of ether oxygens (including phenoxy) is 1. The smallest absolute Gasteiger partial charge is 0.333 e. The maximum Gasteiger partial charge on any atom is 0.333 e. The highest BCUT2D eigenvalue weighted by molar-refractivity contribution is 5.88. The normalized spacial score (nSPS) is 40.2. The summed E-state index contributed by atoms with van der Waals surface area (Å²) in [5, 5.41) is 0. The zero-order valence-corrected chi connectivity index (χ0v) is 19.4. The van der Waals surface area contributed by atoms with Crippen molar-refractivity contribution >= 4 is 5.97 Å². The Kier molecular flexibility index (Phi) is 5.92. The van der Waals surface area contributed by atoms with E-state index in [4.69, 9.17) is 4.74 Å². The number of hydrogen-bond donors (Lipinski definition) is 0. The van der Waals surface area contributed by atoms with Crippen molar-refractivity contribution in [3.63, 3.8) is 0 Å². The molecular formula is C26H42O2. The standard InChI is InChI=1S/C26H42O2/c1-8-19(23(27)28-9-2)17-20-18(3)11-12-22-25(20,6)16-13-21-24(4,5)14-10-15-26(21,22)7/h11,17,20-22H,8-10,12-16H2,1-7H3/b19-17+/t20-,21+,22+,25+,26+/m1/s1. The van der Waals surface area contributed by atoms with Crippen LogP contribution in [0.3, 0.4) is 0 Å². The number of rotatable bonds is 4. The Morgan fingerprint density at radius 3 is 2.46 bits per heavy atom. The Hall–Kier alpha value is -1.05. The van der Waals surface area contributed by atoms with Crippen LogP contribution in [0.2, 0.25) is 0 Å². The molecular weight excluding hydrogens is 344 g/mol. The molecule has 158 valence electrons. The van der Waals surface area contributed by atoms with Crippen molar-refractivity contribution in [1.29, 1.82) is 0 Å². The average molecular weight is 387 g/mol. The molecule has 0 saturated heterocycles. The minimum atomic E-state index is -0.123. The van der Waals surface area contributed by atoms with Gasteiger partial charge in [0.05, 0.1) is 6.61 Å². The van der Waals surface area contributed by atoms with Gasteiger partial charge in [0, 0.05) is 11.5 Å². The second kappa shape index (κ2) is 7.65. The first kappa shape index (κ1) is 21.7. The van der Waals surface area contributed by atoms with Gasteiger partial charge in [-0.3, -0.25) is 0 Å². The van der Waals surface area contributed by atoms with Crippen molar-refractivity contribution < 1.29 is 9.53 Å². The highest BCUT2D eigenvalue weighted by Gasteiger charge is 2.60. The third-order valence-corrected chi connectivity index (χ3v) is 9.00. The summed E-state index contributed by atoms with van der Waals surface area (Å²) in [5.74, 6) is 1.75. The lowest BCUT2D eigenvalue weighted by Crippen LogP contribution is -2.57. The van der Waals surface area contributed by atoms with E-state index in [0.717, 1.165) is 17.9 Å². The summed E-state index contributed by atoms with van der Waals surface area (Å²) in [5.41, 5.74) is 3.41. The van der Waals surface area contributed by atoms with Crippen molar-refractivity contribution in [2.24, 2.45) is 34.0 Å². The van der Waals surface area contributed by atoms with E-state index in [2.05, 4.69) is 53.7 Å². The van der Waals surface area contributed by atoms with Crippen molar-refractivity contribution in [3.05, 3.63) is 23.3 Å². The molecule has 0 spiro atoms. The summed E-state index contributed by atoms with van der Waals surface area (Å²) in [4.78, 5) is 12.5. The van der Waals surface area contributed by atoms with Gasteiger partial charge >= 0.3 is 5.97 Å². The predicted molar refractivity (Wildman–Crippen MR) is 117 cm³/mol. The van der Waals surface area contributed by atoms with Crippen molar-refractivity contribution in [1.82, 2.24) is 0 Å². The molecule has 0 amide bonds. The Bertz CT molecular complexity index is 670. The zero-order chi connectivity index (χ0) is 20.7. The minimum Gasteiger partial charge on any atom is -0.463 e. The van der Waals surface area contributed by atoms with Gasteiger partial charge in [-0.1, -0.05) is 58.8 Å². The first-order valence-electron chi connectivity index (χ1n) is 11.6. The monoisotopic (exact) mass is 386 g/mol. The molecule has 0 aromatic heterocycles. The van der Waals surface area contributed by atoms with Crippen LogP contribution in [0.15, 0.2) is 23.3 Å². The van der Waals surface area contributed by atoms with Gasteiger partial charge in [0.2, 0.25) is 0 Å².